The summed E-state index contributed by atoms with van der Waals surface area (Å²) in [6.07, 6.45) is 2.99. The van der Waals surface area contributed by atoms with Crippen molar-refractivity contribution in [1.82, 2.24) is 9.71 Å². The highest BCUT2D eigenvalue weighted by Crippen LogP contribution is 2.25. The molecule has 26 heavy (non-hydrogen) atoms. The van der Waals surface area contributed by atoms with E-state index in [4.69, 9.17) is 23.2 Å². The summed E-state index contributed by atoms with van der Waals surface area (Å²) >= 11 is 5.28. The number of halogens is 2. The quantitative estimate of drug-likeness (QED) is 0.419. The van der Waals surface area contributed by atoms with Crippen LogP contribution in [0.5, 0.6) is 0 Å². The molecule has 0 saturated carbocycles. The zero-order valence-corrected chi connectivity index (χ0v) is 16.2. The molecule has 0 spiro atoms. The van der Waals surface area contributed by atoms with Gasteiger partial charge in [-0.1, -0.05) is 6.07 Å². The number of rotatable bonds is 5. The van der Waals surface area contributed by atoms with Crippen LogP contribution in [0, 0.1) is 0 Å². The normalized spacial score (nSPS) is 12.5. The van der Waals surface area contributed by atoms with Gasteiger partial charge in [-0.3, -0.25) is 9.78 Å². The molecule has 0 aliphatic rings. The molecule has 6 N–H and O–H groups in total. The maximum Gasteiger partial charge on any atom is 0.241 e. The minimum absolute atomic E-state index is 0. The number of sulfonamides is 1. The molecule has 142 valence electrons. The fourth-order valence-electron chi connectivity index (χ4n) is 2.03. The number of benzene rings is 1. The topological polar surface area (TPSA) is 153 Å². The van der Waals surface area contributed by atoms with Crippen LogP contribution >= 0.6 is 24.2 Å². The number of nitrogens with two attached hydrogens (primary N) is 2. The molecule has 12 heteroatoms. The summed E-state index contributed by atoms with van der Waals surface area (Å²) in [5.74, 6) is -0.821. The molecule has 1 amide bonds. The molecule has 0 bridgehead atoms. The van der Waals surface area contributed by atoms with Gasteiger partial charge in [0.2, 0.25) is 21.9 Å². The molecule has 0 aliphatic heterocycles. The maximum absolute atomic E-state index is 12.5. The summed E-state index contributed by atoms with van der Waals surface area (Å²) in [4.78, 5) is 15.3. The van der Waals surface area contributed by atoms with E-state index in [0.29, 0.717) is 16.5 Å². The minimum atomic E-state index is -3.96. The molecule has 0 radical (unpaired) electrons. The van der Waals surface area contributed by atoms with Gasteiger partial charge >= 0.3 is 0 Å². The largest absolute Gasteiger partial charge is 0.369 e. The first-order valence-electron chi connectivity index (χ1n) is 7.00. The molecule has 2 rings (SSSR count). The second kappa shape index (κ2) is 8.04. The number of carbonyl (C=O) groups is 1. The third-order valence-corrected chi connectivity index (χ3v) is 5.24. The Labute approximate surface area is 161 Å². The Morgan fingerprint density at radius 3 is 2.50 bits per heavy atom. The highest BCUT2D eigenvalue weighted by Gasteiger charge is 2.31. The first-order valence-corrected chi connectivity index (χ1v) is 8.82. The van der Waals surface area contributed by atoms with Crippen molar-refractivity contribution in [3.8, 4) is 0 Å². The van der Waals surface area contributed by atoms with Crippen LogP contribution in [0.2, 0.25) is 0 Å². The van der Waals surface area contributed by atoms with Gasteiger partial charge in [-0.25, -0.2) is 8.42 Å². The molecule has 1 aromatic heterocycles. The standard InChI is InChI=1S/C14H17ClN6O3S.ClH/c1-14(2,12(16)22)21-25(23,24)9-3-4-10-8(5-9)6-18-7-11(10)19-13(17)20-15;/h3-7,21H,1-2H3,(H2,16,22)(H3,17,19,20);1H. The number of anilines is 1. The number of nitrogens with one attached hydrogen (secondary N) is 2. The predicted octanol–water partition coefficient (Wildman–Crippen LogP) is 1.08. The molecule has 1 aromatic carbocycles. The number of aromatic nitrogens is 1. The monoisotopic (exact) mass is 420 g/mol. The van der Waals surface area contributed by atoms with Crippen molar-refractivity contribution in [2.75, 3.05) is 5.32 Å². The van der Waals surface area contributed by atoms with E-state index in [-0.39, 0.29) is 23.3 Å². The van der Waals surface area contributed by atoms with Crippen molar-refractivity contribution in [2.24, 2.45) is 16.0 Å². The van der Waals surface area contributed by atoms with Crippen LogP contribution in [-0.2, 0) is 14.8 Å². The number of nitrogens with zero attached hydrogens (tertiary/aromatic N) is 2. The molecular formula is C14H18Cl2N6O3S. The van der Waals surface area contributed by atoms with E-state index in [1.54, 1.807) is 6.07 Å². The third kappa shape index (κ3) is 4.73. The van der Waals surface area contributed by atoms with E-state index in [1.165, 1.54) is 38.4 Å². The van der Waals surface area contributed by atoms with Gasteiger partial charge in [0.05, 0.1) is 16.8 Å². The summed E-state index contributed by atoms with van der Waals surface area (Å²) in [6.45, 7) is 2.76. The fraction of sp³-hybridized carbons (Fsp3) is 0.214. The van der Waals surface area contributed by atoms with Crippen LogP contribution in [0.1, 0.15) is 13.8 Å². The third-order valence-electron chi connectivity index (χ3n) is 3.40. The SMILES string of the molecule is CC(C)(NS(=O)(=O)c1ccc2c(NC(N)=NCl)cncc2c1)C(N)=O.Cl. The average Bonchev–Trinajstić information content (AvgIpc) is 2.53. The van der Waals surface area contributed by atoms with E-state index in [9.17, 15) is 13.2 Å². The Hall–Kier alpha value is -2.14. The molecule has 0 fully saturated rings. The number of hydrogen-bond donors (Lipinski definition) is 4. The highest BCUT2D eigenvalue weighted by molar-refractivity contribution is 7.89. The Morgan fingerprint density at radius 2 is 1.92 bits per heavy atom. The summed E-state index contributed by atoms with van der Waals surface area (Å²) in [5.41, 5.74) is 9.81. The lowest BCUT2D eigenvalue weighted by Crippen LogP contribution is -2.52. The van der Waals surface area contributed by atoms with Crippen LogP contribution in [0.15, 0.2) is 40.0 Å². The second-order valence-electron chi connectivity index (χ2n) is 5.76. The molecule has 1 heterocycles. The summed E-state index contributed by atoms with van der Waals surface area (Å²) < 4.78 is 30.5. The predicted molar refractivity (Wildman–Crippen MR) is 104 cm³/mol. The van der Waals surface area contributed by atoms with Gasteiger partial charge < -0.3 is 16.8 Å². The van der Waals surface area contributed by atoms with Gasteiger partial charge in [0.25, 0.3) is 0 Å². The molecular weight excluding hydrogens is 403 g/mol. The van der Waals surface area contributed by atoms with Crippen LogP contribution in [0.3, 0.4) is 0 Å². The Morgan fingerprint density at radius 1 is 1.27 bits per heavy atom. The van der Waals surface area contributed by atoms with Crippen LogP contribution in [-0.4, -0.2) is 30.8 Å². The zero-order valence-electron chi connectivity index (χ0n) is 13.9. The van der Waals surface area contributed by atoms with Crippen molar-refractivity contribution in [3.63, 3.8) is 0 Å². The van der Waals surface area contributed by atoms with Crippen LogP contribution < -0.4 is 21.5 Å². The van der Waals surface area contributed by atoms with Crippen molar-refractivity contribution in [2.45, 2.75) is 24.3 Å². The number of primary amides is 1. The lowest BCUT2D eigenvalue weighted by atomic mass is 10.1. The Bertz CT molecular complexity index is 962. The number of hydrogen-bond acceptors (Lipinski definition) is 5. The Kier molecular flexibility index (Phi) is 6.77. The fourth-order valence-corrected chi connectivity index (χ4v) is 3.49. The summed E-state index contributed by atoms with van der Waals surface area (Å²) in [5, 5.41) is 3.95. The lowest BCUT2D eigenvalue weighted by molar-refractivity contribution is -0.122. The van der Waals surface area contributed by atoms with E-state index in [0.717, 1.165) is 0 Å². The number of pyridine rings is 1. The van der Waals surface area contributed by atoms with E-state index in [1.807, 2.05) is 0 Å². The minimum Gasteiger partial charge on any atom is -0.369 e. The van der Waals surface area contributed by atoms with Crippen molar-refractivity contribution in [1.29, 1.82) is 0 Å². The average molecular weight is 421 g/mol. The first kappa shape index (κ1) is 21.9. The van der Waals surface area contributed by atoms with Gasteiger partial charge in [-0.2, -0.15) is 4.72 Å². The lowest BCUT2D eigenvalue weighted by Gasteiger charge is -2.22. The van der Waals surface area contributed by atoms with Gasteiger partial charge in [0.15, 0.2) is 0 Å². The zero-order chi connectivity index (χ0) is 18.8. The van der Waals surface area contributed by atoms with Gasteiger partial charge in [0, 0.05) is 28.7 Å². The molecule has 0 aliphatic carbocycles. The van der Waals surface area contributed by atoms with E-state index >= 15 is 0 Å². The van der Waals surface area contributed by atoms with E-state index < -0.39 is 21.5 Å². The number of amides is 1. The van der Waals surface area contributed by atoms with Gasteiger partial charge in [-0.15, -0.1) is 16.9 Å². The van der Waals surface area contributed by atoms with Crippen molar-refractivity contribution < 1.29 is 13.2 Å². The van der Waals surface area contributed by atoms with Gasteiger partial charge in [-0.05, 0) is 26.0 Å². The number of carbonyl (C=O) groups excluding carboxylic acids is 1. The molecule has 0 atom stereocenters. The molecule has 2 aromatic rings. The molecule has 0 saturated heterocycles. The molecule has 0 unspecified atom stereocenters. The second-order valence-corrected chi connectivity index (χ2v) is 7.61. The first-order chi connectivity index (χ1) is 11.6. The van der Waals surface area contributed by atoms with Crippen molar-refractivity contribution >= 4 is 62.5 Å². The highest BCUT2D eigenvalue weighted by atomic mass is 35.5. The Balaban J connectivity index is 0.00000338. The van der Waals surface area contributed by atoms with Crippen LogP contribution in [0.25, 0.3) is 10.8 Å². The van der Waals surface area contributed by atoms with Crippen molar-refractivity contribution in [3.05, 3.63) is 30.6 Å². The van der Waals surface area contributed by atoms with Gasteiger partial charge in [0.1, 0.15) is 5.54 Å². The number of fused-ring (bicyclic) bond motifs is 1. The van der Waals surface area contributed by atoms with Crippen LogP contribution in [0.4, 0.5) is 5.69 Å². The smallest absolute Gasteiger partial charge is 0.241 e. The maximum atomic E-state index is 12.5. The summed E-state index contributed by atoms with van der Waals surface area (Å²) in [6, 6.07) is 4.38. The number of guanidine groups is 1. The summed E-state index contributed by atoms with van der Waals surface area (Å²) in [7, 11) is -3.96. The van der Waals surface area contributed by atoms with E-state index in [2.05, 4.69) is 19.5 Å². The molecule has 9 nitrogen and oxygen atoms in total.